The van der Waals surface area contributed by atoms with Crippen LogP contribution in [0.1, 0.15) is 25.5 Å². The van der Waals surface area contributed by atoms with Gasteiger partial charge in [0.05, 0.1) is 6.04 Å². The summed E-state index contributed by atoms with van der Waals surface area (Å²) in [5.74, 6) is 1.62. The molecule has 0 bridgehead atoms. The van der Waals surface area contributed by atoms with Crippen LogP contribution in [0.3, 0.4) is 0 Å². The van der Waals surface area contributed by atoms with Gasteiger partial charge in [0, 0.05) is 6.54 Å². The maximum Gasteiger partial charge on any atom is 0.146 e. The van der Waals surface area contributed by atoms with E-state index in [1.165, 1.54) is 5.56 Å². The molecule has 1 unspecified atom stereocenters. The molecule has 18 heavy (non-hydrogen) atoms. The van der Waals surface area contributed by atoms with Gasteiger partial charge >= 0.3 is 0 Å². The highest BCUT2D eigenvalue weighted by Crippen LogP contribution is 2.29. The lowest BCUT2D eigenvalue weighted by atomic mass is 10.2. The largest absolute Gasteiger partial charge is 0.369 e. The van der Waals surface area contributed by atoms with Crippen molar-refractivity contribution in [3.8, 4) is 0 Å². The number of hydrogen-bond donors (Lipinski definition) is 2. The van der Waals surface area contributed by atoms with E-state index in [4.69, 9.17) is 0 Å². The lowest BCUT2D eigenvalue weighted by molar-refractivity contribution is 0.875. The van der Waals surface area contributed by atoms with Crippen molar-refractivity contribution in [1.82, 2.24) is 9.97 Å². The minimum atomic E-state index is 0.219. The predicted molar refractivity (Wildman–Crippen MR) is 80.3 cm³/mol. The van der Waals surface area contributed by atoms with E-state index in [0.29, 0.717) is 0 Å². The summed E-state index contributed by atoms with van der Waals surface area (Å²) in [4.78, 5) is 8.46. The van der Waals surface area contributed by atoms with E-state index >= 15 is 0 Å². The average molecular weight is 327 g/mol. The maximum absolute atomic E-state index is 4.27. The normalized spacial score (nSPS) is 12.2. The fraction of sp³-hybridized carbons (Fsp3) is 0.333. The Morgan fingerprint density at radius 1 is 1.39 bits per heavy atom. The third-order valence-corrected chi connectivity index (χ3v) is 3.98. The Morgan fingerprint density at radius 3 is 2.83 bits per heavy atom. The second kappa shape index (κ2) is 6.15. The van der Waals surface area contributed by atoms with Crippen LogP contribution in [0.4, 0.5) is 11.6 Å². The van der Waals surface area contributed by atoms with Crippen LogP contribution < -0.4 is 10.6 Å². The second-order valence-corrected chi connectivity index (χ2v) is 5.41. The third-order valence-electron chi connectivity index (χ3n) is 2.53. The van der Waals surface area contributed by atoms with Gasteiger partial charge in [0.2, 0.25) is 0 Å². The molecule has 2 aromatic rings. The van der Waals surface area contributed by atoms with Crippen LogP contribution in [0.5, 0.6) is 0 Å². The fourth-order valence-electron chi connectivity index (χ4n) is 1.57. The van der Waals surface area contributed by atoms with Gasteiger partial charge in [-0.15, -0.1) is 0 Å². The average Bonchev–Trinajstić information content (AvgIpc) is 2.88. The molecule has 96 valence electrons. The first-order valence-electron chi connectivity index (χ1n) is 5.75. The van der Waals surface area contributed by atoms with Gasteiger partial charge in [-0.3, -0.25) is 0 Å². The second-order valence-electron chi connectivity index (χ2n) is 3.84. The molecule has 2 rings (SSSR count). The van der Waals surface area contributed by atoms with E-state index in [0.717, 1.165) is 22.7 Å². The SMILES string of the molecule is CCNc1ncnc(NC(C)c2ccsc2)c1Br. The zero-order valence-corrected chi connectivity index (χ0v) is 12.7. The molecule has 0 spiro atoms. The van der Waals surface area contributed by atoms with Gasteiger partial charge in [0.1, 0.15) is 22.4 Å². The Hall–Kier alpha value is -1.14. The summed E-state index contributed by atoms with van der Waals surface area (Å²) in [6, 6.07) is 2.33. The molecule has 2 heterocycles. The number of rotatable bonds is 5. The molecule has 2 N–H and O–H groups in total. The summed E-state index contributed by atoms with van der Waals surface area (Å²) in [5.41, 5.74) is 1.26. The van der Waals surface area contributed by atoms with Gasteiger partial charge in [-0.25, -0.2) is 9.97 Å². The predicted octanol–water partition coefficient (Wildman–Crippen LogP) is 3.91. The fourth-order valence-corrected chi connectivity index (χ4v) is 2.78. The quantitative estimate of drug-likeness (QED) is 0.874. The summed E-state index contributed by atoms with van der Waals surface area (Å²) in [6.45, 7) is 4.98. The first kappa shape index (κ1) is 13.3. The number of nitrogens with zero attached hydrogens (tertiary/aromatic N) is 2. The highest BCUT2D eigenvalue weighted by Gasteiger charge is 2.11. The van der Waals surface area contributed by atoms with Gasteiger partial charge < -0.3 is 10.6 Å². The Bertz CT molecular complexity index is 501. The zero-order valence-electron chi connectivity index (χ0n) is 10.3. The van der Waals surface area contributed by atoms with Crippen molar-refractivity contribution in [3.63, 3.8) is 0 Å². The van der Waals surface area contributed by atoms with Crippen molar-refractivity contribution in [1.29, 1.82) is 0 Å². The molecule has 0 aliphatic carbocycles. The van der Waals surface area contributed by atoms with Gasteiger partial charge in [0.25, 0.3) is 0 Å². The van der Waals surface area contributed by atoms with Crippen LogP contribution in [-0.2, 0) is 0 Å². The molecule has 0 aromatic carbocycles. The Morgan fingerprint density at radius 2 is 2.17 bits per heavy atom. The van der Waals surface area contributed by atoms with Crippen LogP contribution in [0.15, 0.2) is 27.6 Å². The molecule has 0 saturated carbocycles. The molecule has 1 atom stereocenters. The molecule has 0 amide bonds. The molecule has 0 aliphatic heterocycles. The van der Waals surface area contributed by atoms with E-state index in [1.807, 2.05) is 6.92 Å². The van der Waals surface area contributed by atoms with Crippen molar-refractivity contribution in [2.75, 3.05) is 17.2 Å². The smallest absolute Gasteiger partial charge is 0.146 e. The first-order chi connectivity index (χ1) is 8.72. The third kappa shape index (κ3) is 3.00. The molecule has 6 heteroatoms. The molecule has 0 radical (unpaired) electrons. The summed E-state index contributed by atoms with van der Waals surface area (Å²) in [6.07, 6.45) is 1.56. The minimum absolute atomic E-state index is 0.219. The van der Waals surface area contributed by atoms with Crippen LogP contribution in [0, 0.1) is 0 Å². The molecule has 0 saturated heterocycles. The van der Waals surface area contributed by atoms with Crippen molar-refractivity contribution < 1.29 is 0 Å². The lowest BCUT2D eigenvalue weighted by Crippen LogP contribution is -2.09. The number of aromatic nitrogens is 2. The number of anilines is 2. The van der Waals surface area contributed by atoms with Crippen molar-refractivity contribution in [3.05, 3.63) is 33.2 Å². The molecular weight excluding hydrogens is 312 g/mol. The molecule has 0 aliphatic rings. The van der Waals surface area contributed by atoms with Gasteiger partial charge in [-0.2, -0.15) is 11.3 Å². The van der Waals surface area contributed by atoms with E-state index in [1.54, 1.807) is 17.7 Å². The monoisotopic (exact) mass is 326 g/mol. The van der Waals surface area contributed by atoms with E-state index in [9.17, 15) is 0 Å². The van der Waals surface area contributed by atoms with Crippen molar-refractivity contribution in [2.45, 2.75) is 19.9 Å². The van der Waals surface area contributed by atoms with Gasteiger partial charge in [-0.05, 0) is 52.2 Å². The van der Waals surface area contributed by atoms with E-state index in [-0.39, 0.29) is 6.04 Å². The van der Waals surface area contributed by atoms with Gasteiger partial charge in [0.15, 0.2) is 0 Å². The molecular formula is C12H15BrN4S. The zero-order chi connectivity index (χ0) is 13.0. The Labute approximate surface area is 119 Å². The Balaban J connectivity index is 2.16. The number of nitrogens with one attached hydrogen (secondary N) is 2. The van der Waals surface area contributed by atoms with Crippen molar-refractivity contribution in [2.24, 2.45) is 0 Å². The number of hydrogen-bond acceptors (Lipinski definition) is 5. The number of thiophene rings is 1. The topological polar surface area (TPSA) is 49.8 Å². The van der Waals surface area contributed by atoms with Crippen molar-refractivity contribution >= 4 is 38.9 Å². The molecule has 4 nitrogen and oxygen atoms in total. The number of halogens is 1. The summed E-state index contributed by atoms with van der Waals surface area (Å²) in [7, 11) is 0. The van der Waals surface area contributed by atoms with Crippen LogP contribution in [0.2, 0.25) is 0 Å². The highest BCUT2D eigenvalue weighted by atomic mass is 79.9. The van der Waals surface area contributed by atoms with Crippen LogP contribution >= 0.6 is 27.3 Å². The minimum Gasteiger partial charge on any atom is -0.369 e. The molecule has 0 fully saturated rings. The lowest BCUT2D eigenvalue weighted by Gasteiger charge is -2.15. The van der Waals surface area contributed by atoms with E-state index in [2.05, 4.69) is 60.3 Å². The summed E-state index contributed by atoms with van der Waals surface area (Å²) in [5, 5.41) is 10.8. The maximum atomic E-state index is 4.27. The summed E-state index contributed by atoms with van der Waals surface area (Å²) < 4.78 is 0.869. The molecule has 2 aromatic heterocycles. The van der Waals surface area contributed by atoms with Gasteiger partial charge in [-0.1, -0.05) is 0 Å². The summed E-state index contributed by atoms with van der Waals surface area (Å²) >= 11 is 5.22. The van der Waals surface area contributed by atoms with Crippen LogP contribution in [-0.4, -0.2) is 16.5 Å². The highest BCUT2D eigenvalue weighted by molar-refractivity contribution is 9.10. The standard InChI is InChI=1S/C12H15BrN4S/c1-3-14-11-10(13)12(16-7-15-11)17-8(2)9-4-5-18-6-9/h4-8H,3H2,1-2H3,(H2,14,15,16,17). The Kier molecular flexibility index (Phi) is 4.54. The first-order valence-corrected chi connectivity index (χ1v) is 7.49. The van der Waals surface area contributed by atoms with E-state index < -0.39 is 0 Å². The van der Waals surface area contributed by atoms with Crippen LogP contribution in [0.25, 0.3) is 0 Å².